The average molecular weight is 591 g/mol. The minimum absolute atomic E-state index is 0.361. The highest BCUT2D eigenvalue weighted by Gasteiger charge is 2.42. The molecule has 0 bridgehead atoms. The predicted molar refractivity (Wildman–Crippen MR) is 167 cm³/mol. The second kappa shape index (κ2) is 22.8. The van der Waals surface area contributed by atoms with Gasteiger partial charge in [-0.15, -0.1) is 0 Å². The van der Waals surface area contributed by atoms with Crippen LogP contribution in [0.25, 0.3) is 0 Å². The number of rotatable bonds is 23. The van der Waals surface area contributed by atoms with E-state index < -0.39 is 8.80 Å². The molecule has 0 saturated heterocycles. The van der Waals surface area contributed by atoms with Crippen molar-refractivity contribution in [3.05, 3.63) is 0 Å². The summed E-state index contributed by atoms with van der Waals surface area (Å²) in [7, 11) is -2.66. The highest BCUT2D eigenvalue weighted by atomic mass is 32.2. The molecule has 0 aliphatic heterocycles. The van der Waals surface area contributed by atoms with Gasteiger partial charge in [-0.1, -0.05) is 69.5 Å². The maximum atomic E-state index is 12.3. The van der Waals surface area contributed by atoms with Crippen molar-refractivity contribution in [3.8, 4) is 0 Å². The van der Waals surface area contributed by atoms with Crippen molar-refractivity contribution in [1.82, 2.24) is 0 Å². The Bertz CT molecular complexity index is 604. The van der Waals surface area contributed by atoms with Crippen LogP contribution in [0.1, 0.15) is 125 Å². The SMILES string of the molecule is CCCCCC(=O)SCCC1CCC(CCSC(=O)CCCCC)C(CC[Si](OCC)(OCC)OCC)C1. The molecule has 5 nitrogen and oxygen atoms in total. The third-order valence-corrected chi connectivity index (χ3v) is 12.7. The zero-order valence-corrected chi connectivity index (χ0v) is 27.9. The first-order chi connectivity index (χ1) is 18.4. The lowest BCUT2D eigenvalue weighted by Crippen LogP contribution is -2.46. The number of carbonyl (C=O) groups excluding carboxylic acids is 2. The molecule has 8 heteroatoms. The average Bonchev–Trinajstić information content (AvgIpc) is 2.89. The van der Waals surface area contributed by atoms with Crippen molar-refractivity contribution in [3.63, 3.8) is 0 Å². The van der Waals surface area contributed by atoms with Gasteiger partial charge in [-0.2, -0.15) is 0 Å². The van der Waals surface area contributed by atoms with Gasteiger partial charge in [0.25, 0.3) is 0 Å². The fourth-order valence-corrected chi connectivity index (χ4v) is 10.3. The summed E-state index contributed by atoms with van der Waals surface area (Å²) in [6, 6.07) is 0.865. The third-order valence-electron chi connectivity index (χ3n) is 7.67. The highest BCUT2D eigenvalue weighted by molar-refractivity contribution is 8.13. The van der Waals surface area contributed by atoms with Gasteiger partial charge in [0.2, 0.25) is 0 Å². The molecule has 0 N–H and O–H groups in total. The third kappa shape index (κ3) is 15.8. The zero-order chi connectivity index (χ0) is 28.1. The molecule has 0 radical (unpaired) electrons. The van der Waals surface area contributed by atoms with Crippen molar-refractivity contribution in [2.75, 3.05) is 31.3 Å². The van der Waals surface area contributed by atoms with E-state index in [-0.39, 0.29) is 0 Å². The molecule has 3 unspecified atom stereocenters. The monoisotopic (exact) mass is 590 g/mol. The van der Waals surface area contributed by atoms with Crippen LogP contribution >= 0.6 is 23.5 Å². The number of thioether (sulfide) groups is 2. The standard InChI is InChI=1S/C30H58O5S2Si/c1-6-11-13-15-29(31)36-22-19-26-17-18-27(20-23-37-30(32)16-14-12-7-2)28(25-26)21-24-38(33-8-3,34-9-4)35-10-5/h26-28H,6-25H2,1-5H3. The Morgan fingerprint density at radius 2 is 1.21 bits per heavy atom. The van der Waals surface area contributed by atoms with Crippen LogP contribution in [-0.4, -0.2) is 50.4 Å². The van der Waals surface area contributed by atoms with Gasteiger partial charge in [-0.05, 0) is 83.5 Å². The molecule has 1 saturated carbocycles. The van der Waals surface area contributed by atoms with Gasteiger partial charge in [0.1, 0.15) is 0 Å². The minimum Gasteiger partial charge on any atom is -0.374 e. The van der Waals surface area contributed by atoms with E-state index in [0.29, 0.717) is 54.2 Å². The summed E-state index contributed by atoms with van der Waals surface area (Å²) in [5, 5.41) is 0.727. The topological polar surface area (TPSA) is 61.8 Å². The van der Waals surface area contributed by atoms with Gasteiger partial charge >= 0.3 is 8.80 Å². The van der Waals surface area contributed by atoms with E-state index in [9.17, 15) is 9.59 Å². The largest absolute Gasteiger partial charge is 0.500 e. The Labute approximate surface area is 244 Å². The van der Waals surface area contributed by atoms with Crippen molar-refractivity contribution < 1.29 is 22.9 Å². The van der Waals surface area contributed by atoms with Gasteiger partial charge in [0.15, 0.2) is 10.2 Å². The van der Waals surface area contributed by atoms with E-state index in [4.69, 9.17) is 13.3 Å². The van der Waals surface area contributed by atoms with Crippen LogP contribution in [0.2, 0.25) is 6.04 Å². The lowest BCUT2D eigenvalue weighted by molar-refractivity contribution is -0.111. The molecule has 3 atom stereocenters. The quantitative estimate of drug-likeness (QED) is 0.0869. The first-order valence-electron chi connectivity index (χ1n) is 15.7. The molecule has 0 aromatic heterocycles. The fourth-order valence-electron chi connectivity index (χ4n) is 5.63. The van der Waals surface area contributed by atoms with E-state index in [0.717, 1.165) is 81.8 Å². The lowest BCUT2D eigenvalue weighted by atomic mass is 9.71. The first-order valence-corrected chi connectivity index (χ1v) is 19.6. The van der Waals surface area contributed by atoms with Crippen molar-refractivity contribution in [1.29, 1.82) is 0 Å². The van der Waals surface area contributed by atoms with Crippen LogP contribution in [0.5, 0.6) is 0 Å². The molecule has 224 valence electrons. The molecule has 1 fully saturated rings. The molecule has 0 aromatic rings. The Kier molecular flexibility index (Phi) is 21.7. The summed E-state index contributed by atoms with van der Waals surface area (Å²) in [5.74, 6) is 3.80. The highest BCUT2D eigenvalue weighted by Crippen LogP contribution is 2.42. The smallest absolute Gasteiger partial charge is 0.374 e. The Morgan fingerprint density at radius 3 is 1.71 bits per heavy atom. The van der Waals surface area contributed by atoms with Gasteiger partial charge < -0.3 is 13.3 Å². The van der Waals surface area contributed by atoms with Crippen molar-refractivity contribution in [2.24, 2.45) is 17.8 Å². The van der Waals surface area contributed by atoms with Crippen LogP contribution in [0, 0.1) is 17.8 Å². The summed E-state index contributed by atoms with van der Waals surface area (Å²) in [6.45, 7) is 12.3. The fraction of sp³-hybridized carbons (Fsp3) is 0.933. The Morgan fingerprint density at radius 1 is 0.684 bits per heavy atom. The predicted octanol–water partition coefficient (Wildman–Crippen LogP) is 8.92. The van der Waals surface area contributed by atoms with Crippen molar-refractivity contribution in [2.45, 2.75) is 131 Å². The van der Waals surface area contributed by atoms with Gasteiger partial charge in [0, 0.05) is 50.2 Å². The van der Waals surface area contributed by atoms with Gasteiger partial charge in [-0.3, -0.25) is 9.59 Å². The number of hydrogen-bond acceptors (Lipinski definition) is 7. The molecule has 0 heterocycles. The Balaban J connectivity index is 2.70. The molecule has 1 rings (SSSR count). The molecule has 0 amide bonds. The summed E-state index contributed by atoms with van der Waals surface area (Å²) in [5.41, 5.74) is 0. The van der Waals surface area contributed by atoms with E-state index in [1.807, 2.05) is 20.8 Å². The zero-order valence-electron chi connectivity index (χ0n) is 25.2. The molecule has 0 aromatic carbocycles. The number of unbranched alkanes of at least 4 members (excludes halogenated alkanes) is 4. The van der Waals surface area contributed by atoms with E-state index in [1.54, 1.807) is 23.5 Å². The second-order valence-electron chi connectivity index (χ2n) is 10.7. The molecular weight excluding hydrogens is 533 g/mol. The Hall–Kier alpha value is 0.137. The summed E-state index contributed by atoms with van der Waals surface area (Å²) in [6.07, 6.45) is 15.1. The summed E-state index contributed by atoms with van der Waals surface area (Å²) >= 11 is 3.10. The molecule has 1 aliphatic carbocycles. The maximum Gasteiger partial charge on any atom is 0.500 e. The first kappa shape index (κ1) is 36.2. The van der Waals surface area contributed by atoms with Crippen LogP contribution < -0.4 is 0 Å². The van der Waals surface area contributed by atoms with Crippen LogP contribution in [-0.2, 0) is 22.9 Å². The van der Waals surface area contributed by atoms with Crippen LogP contribution in [0.4, 0.5) is 0 Å². The van der Waals surface area contributed by atoms with Gasteiger partial charge in [-0.25, -0.2) is 0 Å². The summed E-state index contributed by atoms with van der Waals surface area (Å²) in [4.78, 5) is 24.5. The number of carbonyl (C=O) groups is 2. The molecular formula is C30H58O5S2Si. The second-order valence-corrected chi connectivity index (χ2v) is 15.7. The van der Waals surface area contributed by atoms with Crippen LogP contribution in [0.3, 0.4) is 0 Å². The van der Waals surface area contributed by atoms with Crippen molar-refractivity contribution >= 4 is 42.6 Å². The minimum atomic E-state index is -2.66. The maximum absolute atomic E-state index is 12.3. The lowest BCUT2D eigenvalue weighted by Gasteiger charge is -2.38. The van der Waals surface area contributed by atoms with Crippen LogP contribution in [0.15, 0.2) is 0 Å². The van der Waals surface area contributed by atoms with Gasteiger partial charge in [0.05, 0.1) is 0 Å². The summed E-state index contributed by atoms with van der Waals surface area (Å²) < 4.78 is 18.5. The number of hydrogen-bond donors (Lipinski definition) is 0. The van der Waals surface area contributed by atoms with E-state index in [2.05, 4.69) is 13.8 Å². The molecule has 1 aliphatic rings. The normalized spacial score (nSPS) is 20.1. The van der Waals surface area contributed by atoms with E-state index in [1.165, 1.54) is 19.3 Å². The molecule has 38 heavy (non-hydrogen) atoms. The molecule has 0 spiro atoms. The van der Waals surface area contributed by atoms with E-state index >= 15 is 0 Å².